The quantitative estimate of drug-likeness (QED) is 0.405. The van der Waals surface area contributed by atoms with E-state index in [0.29, 0.717) is 20.7 Å². The number of benzene rings is 1. The summed E-state index contributed by atoms with van der Waals surface area (Å²) in [5.74, 6) is -2.16. The molecule has 1 fully saturated rings. The molecule has 0 spiro atoms. The summed E-state index contributed by atoms with van der Waals surface area (Å²) in [6.07, 6.45) is 1.40. The number of halogens is 1. The highest BCUT2D eigenvalue weighted by Crippen LogP contribution is 2.27. The van der Waals surface area contributed by atoms with Crippen molar-refractivity contribution in [1.82, 2.24) is 10.2 Å². The fourth-order valence-electron chi connectivity index (χ4n) is 1.94. The van der Waals surface area contributed by atoms with E-state index in [9.17, 15) is 19.2 Å². The second-order valence-electron chi connectivity index (χ2n) is 4.83. The average molecular weight is 413 g/mol. The lowest BCUT2D eigenvalue weighted by Gasteiger charge is -2.08. The molecule has 0 aromatic heterocycles. The van der Waals surface area contributed by atoms with Gasteiger partial charge in [-0.15, -0.1) is 0 Å². The van der Waals surface area contributed by atoms with Crippen LogP contribution in [-0.4, -0.2) is 54.1 Å². The molecule has 1 aliphatic rings. The summed E-state index contributed by atoms with van der Waals surface area (Å²) in [4.78, 5) is 46.0. The number of aliphatic carboxylic acids is 1. The van der Waals surface area contributed by atoms with Crippen molar-refractivity contribution in [2.24, 2.45) is 0 Å². The molecule has 1 aliphatic heterocycles. The third-order valence-electron chi connectivity index (χ3n) is 3.10. The van der Waals surface area contributed by atoms with Gasteiger partial charge in [0.2, 0.25) is 0 Å². The normalized spacial score (nSPS) is 15.3. The van der Waals surface area contributed by atoms with Crippen LogP contribution in [-0.2, 0) is 19.1 Å². The van der Waals surface area contributed by atoms with E-state index in [1.54, 1.807) is 18.2 Å². The minimum atomic E-state index is -1.29. The zero-order valence-corrected chi connectivity index (χ0v) is 14.5. The molecule has 1 saturated heterocycles. The number of carbonyl (C=O) groups is 4. The lowest BCUT2D eigenvalue weighted by atomic mass is 10.2. The lowest BCUT2D eigenvalue weighted by Crippen LogP contribution is -2.35. The van der Waals surface area contributed by atoms with Crippen molar-refractivity contribution in [2.45, 2.75) is 0 Å². The first kappa shape index (κ1) is 18.5. The van der Waals surface area contributed by atoms with Crippen molar-refractivity contribution < 1.29 is 33.8 Å². The maximum Gasteiger partial charge on any atom is 0.343 e. The Morgan fingerprint density at radius 3 is 2.68 bits per heavy atom. The van der Waals surface area contributed by atoms with Crippen molar-refractivity contribution in [3.63, 3.8) is 0 Å². The van der Waals surface area contributed by atoms with Crippen molar-refractivity contribution in [2.75, 3.05) is 20.3 Å². The van der Waals surface area contributed by atoms with Crippen molar-refractivity contribution in [3.05, 3.63) is 33.9 Å². The number of imide groups is 1. The Kier molecular flexibility index (Phi) is 5.75. The first-order valence-electron chi connectivity index (χ1n) is 6.87. The Morgan fingerprint density at radius 1 is 1.36 bits per heavy atom. The van der Waals surface area contributed by atoms with Crippen molar-refractivity contribution >= 4 is 45.9 Å². The average Bonchev–Trinajstić information content (AvgIpc) is 2.81. The number of carboxylic acid groups (broad SMARTS) is 1. The molecule has 0 unspecified atom stereocenters. The topological polar surface area (TPSA) is 122 Å². The molecule has 0 aliphatic carbocycles. The lowest BCUT2D eigenvalue weighted by molar-refractivity contribution is -0.143. The number of urea groups is 1. The van der Waals surface area contributed by atoms with Gasteiger partial charge in [0, 0.05) is 0 Å². The molecule has 10 heteroatoms. The van der Waals surface area contributed by atoms with Crippen molar-refractivity contribution in [3.8, 4) is 5.75 Å². The number of ether oxygens (including phenoxy) is 2. The van der Waals surface area contributed by atoms with E-state index in [1.165, 1.54) is 13.2 Å². The maximum atomic E-state index is 12.0. The number of nitrogens with one attached hydrogen (secondary N) is 1. The van der Waals surface area contributed by atoms with Crippen LogP contribution in [0.15, 0.2) is 28.4 Å². The third kappa shape index (κ3) is 4.57. The highest BCUT2D eigenvalue weighted by Gasteiger charge is 2.34. The van der Waals surface area contributed by atoms with Crippen LogP contribution in [0.1, 0.15) is 5.56 Å². The summed E-state index contributed by atoms with van der Waals surface area (Å²) in [5.41, 5.74) is 0.513. The molecular weight excluding hydrogens is 400 g/mol. The Hall–Kier alpha value is -2.88. The van der Waals surface area contributed by atoms with Gasteiger partial charge in [-0.05, 0) is 39.7 Å². The molecule has 25 heavy (non-hydrogen) atoms. The number of rotatable bonds is 6. The van der Waals surface area contributed by atoms with Crippen LogP contribution in [0.3, 0.4) is 0 Å². The van der Waals surface area contributed by atoms with E-state index < -0.39 is 30.4 Å². The van der Waals surface area contributed by atoms with Crippen LogP contribution in [0.4, 0.5) is 4.79 Å². The van der Waals surface area contributed by atoms with Crippen LogP contribution in [0.2, 0.25) is 0 Å². The molecule has 9 nitrogen and oxygen atoms in total. The van der Waals surface area contributed by atoms with E-state index in [2.05, 4.69) is 26.0 Å². The predicted octanol–water partition coefficient (Wildman–Crippen LogP) is 0.978. The Balaban J connectivity index is 2.14. The fraction of sp³-hybridized carbons (Fsp3) is 0.200. The van der Waals surface area contributed by atoms with Gasteiger partial charge in [0.25, 0.3) is 5.91 Å². The minimum absolute atomic E-state index is 0.0404. The number of hydrogen-bond acceptors (Lipinski definition) is 6. The van der Waals surface area contributed by atoms with Gasteiger partial charge in [0.15, 0.2) is 6.61 Å². The number of carbonyl (C=O) groups excluding carboxylic acids is 3. The van der Waals surface area contributed by atoms with Crippen LogP contribution >= 0.6 is 15.9 Å². The van der Waals surface area contributed by atoms with E-state index in [1.807, 2.05) is 0 Å². The molecule has 0 bridgehead atoms. The highest BCUT2D eigenvalue weighted by molar-refractivity contribution is 9.10. The number of hydrogen-bond donors (Lipinski definition) is 2. The first-order valence-corrected chi connectivity index (χ1v) is 7.66. The van der Waals surface area contributed by atoms with Crippen LogP contribution in [0, 0.1) is 0 Å². The van der Waals surface area contributed by atoms with E-state index in [4.69, 9.17) is 9.84 Å². The molecule has 0 atom stereocenters. The molecule has 1 aromatic rings. The molecule has 0 radical (unpaired) electrons. The van der Waals surface area contributed by atoms with Gasteiger partial charge in [0.1, 0.15) is 18.0 Å². The molecule has 0 saturated carbocycles. The second kappa shape index (κ2) is 7.79. The zero-order chi connectivity index (χ0) is 18.6. The molecule has 1 aromatic carbocycles. The molecule has 1 heterocycles. The molecule has 3 amide bonds. The third-order valence-corrected chi connectivity index (χ3v) is 3.72. The van der Waals surface area contributed by atoms with E-state index in [0.717, 1.165) is 0 Å². The van der Waals surface area contributed by atoms with Gasteiger partial charge in [-0.1, -0.05) is 6.07 Å². The van der Waals surface area contributed by atoms with Crippen LogP contribution in [0.5, 0.6) is 5.75 Å². The van der Waals surface area contributed by atoms with Gasteiger partial charge in [-0.2, -0.15) is 0 Å². The summed E-state index contributed by atoms with van der Waals surface area (Å²) in [7, 11) is 1.25. The molecule has 2 rings (SSSR count). The fourth-order valence-corrected chi connectivity index (χ4v) is 2.45. The summed E-state index contributed by atoms with van der Waals surface area (Å²) in [5, 5.41) is 11.0. The summed E-state index contributed by atoms with van der Waals surface area (Å²) in [6, 6.07) is 3.98. The number of esters is 1. The number of methoxy groups -OCH3 is 1. The Morgan fingerprint density at radius 2 is 2.08 bits per heavy atom. The van der Waals surface area contributed by atoms with Crippen LogP contribution < -0.4 is 10.1 Å². The van der Waals surface area contributed by atoms with Gasteiger partial charge >= 0.3 is 18.0 Å². The van der Waals surface area contributed by atoms with Gasteiger partial charge in [-0.3, -0.25) is 9.59 Å². The zero-order valence-electron chi connectivity index (χ0n) is 12.9. The Labute approximate surface area is 150 Å². The second-order valence-corrected chi connectivity index (χ2v) is 5.68. The van der Waals surface area contributed by atoms with E-state index in [-0.39, 0.29) is 12.3 Å². The van der Waals surface area contributed by atoms with E-state index >= 15 is 0 Å². The number of nitrogens with zero attached hydrogens (tertiary/aromatic N) is 1. The highest BCUT2D eigenvalue weighted by atomic mass is 79.9. The number of carboxylic acids is 1. The van der Waals surface area contributed by atoms with Crippen LogP contribution in [0.25, 0.3) is 6.08 Å². The summed E-state index contributed by atoms with van der Waals surface area (Å²) < 4.78 is 10.3. The van der Waals surface area contributed by atoms with Gasteiger partial charge < -0.3 is 19.9 Å². The summed E-state index contributed by atoms with van der Waals surface area (Å²) in [6.45, 7) is -0.972. The molecular formula is C15H13BrN2O7. The van der Waals surface area contributed by atoms with Gasteiger partial charge in [0.05, 0.1) is 11.6 Å². The largest absolute Gasteiger partial charge is 0.481 e. The summed E-state index contributed by atoms with van der Waals surface area (Å²) >= 11 is 3.27. The Bertz CT molecular complexity index is 775. The first-order chi connectivity index (χ1) is 11.8. The smallest absolute Gasteiger partial charge is 0.343 e. The monoisotopic (exact) mass is 412 g/mol. The van der Waals surface area contributed by atoms with Gasteiger partial charge in [-0.25, -0.2) is 14.5 Å². The predicted molar refractivity (Wildman–Crippen MR) is 87.5 cm³/mol. The standard InChI is InChI=1S/C15H13BrN2O7/c1-24-13(21)7-25-11-3-2-8(4-9(11)16)5-10-14(22)18(6-12(19)20)15(23)17-10/h2-5H,6-7H2,1H3,(H,17,23)(H,19,20)/b10-5+. The maximum absolute atomic E-state index is 12.0. The number of amides is 3. The molecule has 132 valence electrons. The minimum Gasteiger partial charge on any atom is -0.481 e. The SMILES string of the molecule is COC(=O)COc1ccc(/C=C2/NC(=O)N(CC(=O)O)C2=O)cc1Br. The molecule has 2 N–H and O–H groups in total. The van der Waals surface area contributed by atoms with Crippen molar-refractivity contribution in [1.29, 1.82) is 0 Å².